The van der Waals surface area contributed by atoms with Gasteiger partial charge in [0.1, 0.15) is 11.5 Å². The fourth-order valence-electron chi connectivity index (χ4n) is 2.73. The first-order chi connectivity index (χ1) is 11.2. The summed E-state index contributed by atoms with van der Waals surface area (Å²) in [6, 6.07) is 15.7. The van der Waals surface area contributed by atoms with Gasteiger partial charge in [-0.15, -0.1) is 0 Å². The molecule has 0 saturated heterocycles. The normalized spacial score (nSPS) is 16.1. The summed E-state index contributed by atoms with van der Waals surface area (Å²) in [6.45, 7) is 3.02. The summed E-state index contributed by atoms with van der Waals surface area (Å²) in [6.07, 6.45) is 1.13. The fraction of sp³-hybridized carbons (Fsp3) is 0.316. The average Bonchev–Trinajstić information content (AvgIpc) is 2.55. The second-order valence-electron chi connectivity index (χ2n) is 5.71. The van der Waals surface area contributed by atoms with E-state index in [1.54, 1.807) is 0 Å². The van der Waals surface area contributed by atoms with Crippen molar-refractivity contribution >= 4 is 5.91 Å². The monoisotopic (exact) mass is 311 g/mol. The summed E-state index contributed by atoms with van der Waals surface area (Å²) >= 11 is 0. The molecule has 2 aromatic carbocycles. The van der Waals surface area contributed by atoms with Crippen LogP contribution in [0.25, 0.3) is 0 Å². The Kier molecular flexibility index (Phi) is 4.81. The molecule has 0 radical (unpaired) electrons. The first-order valence-electron chi connectivity index (χ1n) is 7.93. The van der Waals surface area contributed by atoms with E-state index in [0.29, 0.717) is 19.6 Å². The summed E-state index contributed by atoms with van der Waals surface area (Å²) in [4.78, 5) is 12.1. The first-order valence-corrected chi connectivity index (χ1v) is 7.93. The number of benzene rings is 2. The van der Waals surface area contributed by atoms with E-state index in [2.05, 4.69) is 5.32 Å². The molecule has 1 aliphatic heterocycles. The van der Waals surface area contributed by atoms with Crippen molar-refractivity contribution in [3.63, 3.8) is 0 Å². The van der Waals surface area contributed by atoms with Crippen molar-refractivity contribution in [3.8, 4) is 11.5 Å². The Morgan fingerprint density at radius 3 is 3.00 bits per heavy atom. The fourth-order valence-corrected chi connectivity index (χ4v) is 2.73. The lowest BCUT2D eigenvalue weighted by Crippen LogP contribution is -2.32. The molecule has 3 rings (SSSR count). The molecule has 1 atom stereocenters. The molecule has 4 heteroatoms. The Balaban J connectivity index is 1.50. The van der Waals surface area contributed by atoms with Crippen LogP contribution in [-0.4, -0.2) is 19.1 Å². The van der Waals surface area contributed by atoms with Gasteiger partial charge in [0.05, 0.1) is 25.7 Å². The molecule has 2 aromatic rings. The summed E-state index contributed by atoms with van der Waals surface area (Å²) in [5.41, 5.74) is 2.19. The van der Waals surface area contributed by atoms with E-state index in [1.165, 1.54) is 0 Å². The number of aryl methyl sites for hydroxylation is 1. The van der Waals surface area contributed by atoms with Crippen LogP contribution < -0.4 is 14.8 Å². The van der Waals surface area contributed by atoms with E-state index in [1.807, 2.05) is 55.5 Å². The summed E-state index contributed by atoms with van der Waals surface area (Å²) < 4.78 is 11.2. The SMILES string of the molecule is Cc1cccc(OCCC(=O)N[C@H]2CCOc3ccccc32)c1. The zero-order valence-corrected chi connectivity index (χ0v) is 13.2. The highest BCUT2D eigenvalue weighted by Crippen LogP contribution is 2.31. The van der Waals surface area contributed by atoms with E-state index in [4.69, 9.17) is 9.47 Å². The average molecular weight is 311 g/mol. The minimum absolute atomic E-state index is 0.000596. The second-order valence-corrected chi connectivity index (χ2v) is 5.71. The van der Waals surface area contributed by atoms with Crippen LogP contribution in [-0.2, 0) is 4.79 Å². The zero-order valence-electron chi connectivity index (χ0n) is 13.2. The van der Waals surface area contributed by atoms with Crippen molar-refractivity contribution < 1.29 is 14.3 Å². The largest absolute Gasteiger partial charge is 0.493 e. The highest BCUT2D eigenvalue weighted by Gasteiger charge is 2.22. The molecule has 4 nitrogen and oxygen atoms in total. The predicted octanol–water partition coefficient (Wildman–Crippen LogP) is 3.40. The first kappa shape index (κ1) is 15.4. The molecule has 0 spiro atoms. The van der Waals surface area contributed by atoms with E-state index in [9.17, 15) is 4.79 Å². The van der Waals surface area contributed by atoms with Crippen molar-refractivity contribution in [3.05, 3.63) is 59.7 Å². The molecule has 1 amide bonds. The Bertz CT molecular complexity index is 684. The van der Waals surface area contributed by atoms with Gasteiger partial charge in [-0.05, 0) is 30.7 Å². The van der Waals surface area contributed by atoms with Crippen LogP contribution in [0.5, 0.6) is 11.5 Å². The lowest BCUT2D eigenvalue weighted by Gasteiger charge is -2.26. The summed E-state index contributed by atoms with van der Waals surface area (Å²) in [7, 11) is 0. The molecule has 1 heterocycles. The maximum absolute atomic E-state index is 12.1. The third-order valence-corrected chi connectivity index (χ3v) is 3.88. The van der Waals surface area contributed by atoms with Crippen molar-refractivity contribution in [2.24, 2.45) is 0 Å². The number of nitrogens with one attached hydrogen (secondary N) is 1. The van der Waals surface area contributed by atoms with E-state index >= 15 is 0 Å². The topological polar surface area (TPSA) is 47.6 Å². The van der Waals surface area contributed by atoms with Crippen LogP contribution in [0.3, 0.4) is 0 Å². The van der Waals surface area contributed by atoms with Gasteiger partial charge in [0.2, 0.25) is 5.91 Å². The third-order valence-electron chi connectivity index (χ3n) is 3.88. The maximum atomic E-state index is 12.1. The number of fused-ring (bicyclic) bond motifs is 1. The van der Waals surface area contributed by atoms with Crippen LogP contribution in [0.4, 0.5) is 0 Å². The molecule has 0 aromatic heterocycles. The molecule has 0 aliphatic carbocycles. The smallest absolute Gasteiger partial charge is 0.223 e. The van der Waals surface area contributed by atoms with Crippen molar-refractivity contribution in [1.29, 1.82) is 0 Å². The summed E-state index contributed by atoms with van der Waals surface area (Å²) in [5.74, 6) is 1.66. The maximum Gasteiger partial charge on any atom is 0.223 e. The van der Waals surface area contributed by atoms with Gasteiger partial charge in [0.15, 0.2) is 0 Å². The van der Waals surface area contributed by atoms with Gasteiger partial charge < -0.3 is 14.8 Å². The van der Waals surface area contributed by atoms with Gasteiger partial charge in [0, 0.05) is 12.0 Å². The molecule has 120 valence electrons. The van der Waals surface area contributed by atoms with Crippen LogP contribution in [0.1, 0.15) is 30.0 Å². The van der Waals surface area contributed by atoms with Crippen molar-refractivity contribution in [1.82, 2.24) is 5.32 Å². The van der Waals surface area contributed by atoms with Crippen LogP contribution in [0.15, 0.2) is 48.5 Å². The predicted molar refractivity (Wildman–Crippen MR) is 88.7 cm³/mol. The molecule has 1 N–H and O–H groups in total. The molecule has 1 aliphatic rings. The zero-order chi connectivity index (χ0) is 16.1. The number of hydrogen-bond acceptors (Lipinski definition) is 3. The molecule has 0 unspecified atom stereocenters. The van der Waals surface area contributed by atoms with E-state index < -0.39 is 0 Å². The number of rotatable bonds is 5. The van der Waals surface area contributed by atoms with Crippen LogP contribution in [0.2, 0.25) is 0 Å². The molecular formula is C19H21NO3. The van der Waals surface area contributed by atoms with Gasteiger partial charge in [0.25, 0.3) is 0 Å². The Morgan fingerprint density at radius 2 is 2.13 bits per heavy atom. The standard InChI is InChI=1S/C19H21NO3/c1-14-5-4-6-15(13-14)22-12-10-19(21)20-17-9-11-23-18-8-3-2-7-16(17)18/h2-8,13,17H,9-12H2,1H3,(H,20,21)/t17-/m0/s1. The molecule has 0 bridgehead atoms. The third kappa shape index (κ3) is 4.03. The van der Waals surface area contributed by atoms with Gasteiger partial charge >= 0.3 is 0 Å². The number of amides is 1. The van der Waals surface area contributed by atoms with E-state index in [0.717, 1.165) is 29.0 Å². The lowest BCUT2D eigenvalue weighted by molar-refractivity contribution is -0.122. The second kappa shape index (κ2) is 7.18. The number of carbonyl (C=O) groups is 1. The Hall–Kier alpha value is -2.49. The van der Waals surface area contributed by atoms with E-state index in [-0.39, 0.29) is 11.9 Å². The molecule has 0 saturated carbocycles. The van der Waals surface area contributed by atoms with Gasteiger partial charge in [-0.2, -0.15) is 0 Å². The number of para-hydroxylation sites is 1. The number of carbonyl (C=O) groups excluding carboxylic acids is 1. The van der Waals surface area contributed by atoms with Crippen molar-refractivity contribution in [2.45, 2.75) is 25.8 Å². The van der Waals surface area contributed by atoms with Crippen molar-refractivity contribution in [2.75, 3.05) is 13.2 Å². The Labute approximate surface area is 136 Å². The summed E-state index contributed by atoms with van der Waals surface area (Å²) in [5, 5.41) is 3.07. The lowest BCUT2D eigenvalue weighted by atomic mass is 10.0. The number of hydrogen-bond donors (Lipinski definition) is 1. The minimum atomic E-state index is -0.000596. The molecule has 23 heavy (non-hydrogen) atoms. The quantitative estimate of drug-likeness (QED) is 0.920. The van der Waals surface area contributed by atoms with Gasteiger partial charge in [-0.3, -0.25) is 4.79 Å². The number of ether oxygens (including phenoxy) is 2. The minimum Gasteiger partial charge on any atom is -0.493 e. The Morgan fingerprint density at radius 1 is 1.26 bits per heavy atom. The van der Waals surface area contributed by atoms with Crippen LogP contribution in [0, 0.1) is 6.92 Å². The highest BCUT2D eigenvalue weighted by molar-refractivity contribution is 5.76. The van der Waals surface area contributed by atoms with Gasteiger partial charge in [-0.25, -0.2) is 0 Å². The van der Waals surface area contributed by atoms with Gasteiger partial charge in [-0.1, -0.05) is 30.3 Å². The molecule has 0 fully saturated rings. The molecular weight excluding hydrogens is 290 g/mol. The van der Waals surface area contributed by atoms with Crippen LogP contribution >= 0.6 is 0 Å². The highest BCUT2D eigenvalue weighted by atomic mass is 16.5.